The number of esters is 1. The Balaban J connectivity index is 1.96. The quantitative estimate of drug-likeness (QED) is 0.770. The van der Waals surface area contributed by atoms with Gasteiger partial charge in [-0.2, -0.15) is 0 Å². The first kappa shape index (κ1) is 17.9. The predicted molar refractivity (Wildman–Crippen MR) is 95.2 cm³/mol. The monoisotopic (exact) mass is 364 g/mol. The summed E-state index contributed by atoms with van der Waals surface area (Å²) in [5.74, 6) is -0.122. The number of aliphatic imine (C=N–C) groups is 1. The van der Waals surface area contributed by atoms with Gasteiger partial charge in [-0.15, -0.1) is 0 Å². The molecule has 1 fully saturated rings. The molecule has 2 aliphatic rings. The van der Waals surface area contributed by atoms with Gasteiger partial charge >= 0.3 is 5.97 Å². The molecule has 25 heavy (non-hydrogen) atoms. The molecular formula is C18H24N2O4S. The van der Waals surface area contributed by atoms with Crippen LogP contribution in [-0.4, -0.2) is 43.2 Å². The van der Waals surface area contributed by atoms with Crippen molar-refractivity contribution < 1.29 is 17.9 Å². The molecule has 1 spiro atoms. The first-order valence-corrected chi connectivity index (χ1v) is 10.2. The summed E-state index contributed by atoms with van der Waals surface area (Å²) in [4.78, 5) is 16.9. The molecule has 7 heteroatoms. The number of amidine groups is 1. The lowest BCUT2D eigenvalue weighted by atomic mass is 9.83. The van der Waals surface area contributed by atoms with Crippen molar-refractivity contribution in [3.63, 3.8) is 0 Å². The second kappa shape index (κ2) is 6.78. The standard InChI is InChI=1S/C18H24N2O4S/c1-3-24-17(21)15-9-5-6-10-16(15)25(22,23)20-13-18(19-14(20)2)11-7-4-8-12-18/h5-6,9-10H,3-4,7-8,11-13H2,1-2H3. The predicted octanol–water partition coefficient (Wildman–Crippen LogP) is 2.99. The lowest BCUT2D eigenvalue weighted by Crippen LogP contribution is -2.40. The third-order valence-corrected chi connectivity index (χ3v) is 6.82. The van der Waals surface area contributed by atoms with E-state index < -0.39 is 16.0 Å². The Morgan fingerprint density at radius 2 is 1.92 bits per heavy atom. The van der Waals surface area contributed by atoms with Crippen molar-refractivity contribution in [2.24, 2.45) is 4.99 Å². The topological polar surface area (TPSA) is 76.0 Å². The van der Waals surface area contributed by atoms with Gasteiger partial charge in [0.2, 0.25) is 0 Å². The molecule has 0 bridgehead atoms. The Labute approximate surface area is 148 Å². The van der Waals surface area contributed by atoms with Crippen molar-refractivity contribution >= 4 is 21.8 Å². The van der Waals surface area contributed by atoms with E-state index in [-0.39, 0.29) is 22.6 Å². The van der Waals surface area contributed by atoms with E-state index >= 15 is 0 Å². The fraction of sp³-hybridized carbons (Fsp3) is 0.556. The van der Waals surface area contributed by atoms with Crippen molar-refractivity contribution in [2.45, 2.75) is 56.4 Å². The van der Waals surface area contributed by atoms with Gasteiger partial charge < -0.3 is 4.74 Å². The van der Waals surface area contributed by atoms with Crippen molar-refractivity contribution in [3.8, 4) is 0 Å². The fourth-order valence-corrected chi connectivity index (χ4v) is 5.46. The van der Waals surface area contributed by atoms with E-state index in [0.29, 0.717) is 12.4 Å². The molecule has 1 heterocycles. The van der Waals surface area contributed by atoms with E-state index in [1.807, 2.05) is 0 Å². The normalized spacial score (nSPS) is 19.8. The minimum Gasteiger partial charge on any atom is -0.462 e. The maximum Gasteiger partial charge on any atom is 0.339 e. The highest BCUT2D eigenvalue weighted by atomic mass is 32.2. The van der Waals surface area contributed by atoms with Gasteiger partial charge in [0.1, 0.15) is 10.7 Å². The first-order valence-electron chi connectivity index (χ1n) is 8.75. The third kappa shape index (κ3) is 3.29. The van der Waals surface area contributed by atoms with Crippen LogP contribution in [0.25, 0.3) is 0 Å². The average molecular weight is 364 g/mol. The van der Waals surface area contributed by atoms with E-state index in [4.69, 9.17) is 9.73 Å². The lowest BCUT2D eigenvalue weighted by molar-refractivity contribution is 0.0521. The van der Waals surface area contributed by atoms with Crippen LogP contribution in [0.2, 0.25) is 0 Å². The van der Waals surface area contributed by atoms with Crippen LogP contribution in [0.3, 0.4) is 0 Å². The van der Waals surface area contributed by atoms with E-state index in [9.17, 15) is 13.2 Å². The van der Waals surface area contributed by atoms with Crippen LogP contribution in [0, 0.1) is 0 Å². The molecule has 0 atom stereocenters. The smallest absolute Gasteiger partial charge is 0.339 e. The molecule has 3 rings (SSSR count). The molecule has 1 saturated carbocycles. The van der Waals surface area contributed by atoms with Crippen LogP contribution in [-0.2, 0) is 14.8 Å². The minimum absolute atomic E-state index is 0.0177. The van der Waals surface area contributed by atoms with Crippen LogP contribution >= 0.6 is 0 Å². The highest BCUT2D eigenvalue weighted by molar-refractivity contribution is 7.89. The molecule has 1 aliphatic heterocycles. The number of hydrogen-bond acceptors (Lipinski definition) is 5. The van der Waals surface area contributed by atoms with Crippen LogP contribution < -0.4 is 0 Å². The van der Waals surface area contributed by atoms with Crippen LogP contribution in [0.15, 0.2) is 34.2 Å². The number of sulfonamides is 1. The Bertz CT molecular complexity index is 795. The molecule has 0 amide bonds. The summed E-state index contributed by atoms with van der Waals surface area (Å²) in [5.41, 5.74) is -0.226. The minimum atomic E-state index is -3.86. The van der Waals surface area contributed by atoms with Crippen molar-refractivity contribution in [1.29, 1.82) is 0 Å². The zero-order valence-electron chi connectivity index (χ0n) is 14.7. The van der Waals surface area contributed by atoms with Crippen molar-refractivity contribution in [1.82, 2.24) is 4.31 Å². The zero-order chi connectivity index (χ0) is 18.1. The summed E-state index contributed by atoms with van der Waals surface area (Å²) in [6, 6.07) is 6.21. The van der Waals surface area contributed by atoms with Gasteiger partial charge in [-0.05, 0) is 38.8 Å². The molecule has 6 nitrogen and oxygen atoms in total. The highest BCUT2D eigenvalue weighted by Gasteiger charge is 2.44. The van der Waals surface area contributed by atoms with Crippen LogP contribution in [0.4, 0.5) is 0 Å². The number of nitrogens with zero attached hydrogens (tertiary/aromatic N) is 2. The fourth-order valence-electron chi connectivity index (χ4n) is 3.74. The first-order chi connectivity index (χ1) is 11.9. The average Bonchev–Trinajstić information content (AvgIpc) is 2.92. The molecule has 0 N–H and O–H groups in total. The summed E-state index contributed by atoms with van der Waals surface area (Å²) in [6.07, 6.45) is 5.15. The maximum absolute atomic E-state index is 13.2. The van der Waals surface area contributed by atoms with E-state index in [1.54, 1.807) is 26.0 Å². The molecule has 1 aromatic rings. The summed E-state index contributed by atoms with van der Waals surface area (Å²) < 4.78 is 32.8. The van der Waals surface area contributed by atoms with Gasteiger partial charge in [-0.25, -0.2) is 13.2 Å². The second-order valence-corrected chi connectivity index (χ2v) is 8.50. The molecule has 0 aromatic heterocycles. The van der Waals surface area contributed by atoms with Gasteiger partial charge in [0.25, 0.3) is 10.0 Å². The molecule has 0 radical (unpaired) electrons. The summed E-state index contributed by atoms with van der Waals surface area (Å²) in [6.45, 7) is 3.98. The van der Waals surface area contributed by atoms with E-state index in [1.165, 1.54) is 22.9 Å². The molecule has 136 valence electrons. The van der Waals surface area contributed by atoms with Gasteiger partial charge in [-0.1, -0.05) is 31.4 Å². The van der Waals surface area contributed by atoms with E-state index in [0.717, 1.165) is 25.7 Å². The van der Waals surface area contributed by atoms with Crippen molar-refractivity contribution in [3.05, 3.63) is 29.8 Å². The highest BCUT2D eigenvalue weighted by Crippen LogP contribution is 2.38. The Morgan fingerprint density at radius 3 is 2.60 bits per heavy atom. The van der Waals surface area contributed by atoms with Gasteiger partial charge in [0.15, 0.2) is 0 Å². The Morgan fingerprint density at radius 1 is 1.24 bits per heavy atom. The molecule has 0 unspecified atom stereocenters. The van der Waals surface area contributed by atoms with Gasteiger partial charge in [0, 0.05) is 0 Å². The van der Waals surface area contributed by atoms with Crippen molar-refractivity contribution in [2.75, 3.05) is 13.2 Å². The lowest BCUT2D eigenvalue weighted by Gasteiger charge is -2.31. The Kier molecular flexibility index (Phi) is 4.86. The van der Waals surface area contributed by atoms with Gasteiger partial charge in [0.05, 0.1) is 24.3 Å². The number of carbonyl (C=O) groups excluding carboxylic acids is 1. The SMILES string of the molecule is CCOC(=O)c1ccccc1S(=O)(=O)N1CC2(CCCCC2)N=C1C. The largest absolute Gasteiger partial charge is 0.462 e. The third-order valence-electron chi connectivity index (χ3n) is 4.93. The molecular weight excluding hydrogens is 340 g/mol. The number of benzene rings is 1. The summed E-state index contributed by atoms with van der Waals surface area (Å²) in [7, 11) is -3.86. The van der Waals surface area contributed by atoms with Gasteiger partial charge in [-0.3, -0.25) is 9.30 Å². The van der Waals surface area contributed by atoms with Crippen LogP contribution in [0.1, 0.15) is 56.3 Å². The molecule has 1 aliphatic carbocycles. The number of hydrogen-bond donors (Lipinski definition) is 0. The second-order valence-electron chi connectivity index (χ2n) is 6.67. The van der Waals surface area contributed by atoms with E-state index in [2.05, 4.69) is 0 Å². The number of ether oxygens (including phenoxy) is 1. The maximum atomic E-state index is 13.2. The molecule has 1 aromatic carbocycles. The summed E-state index contributed by atoms with van der Waals surface area (Å²) >= 11 is 0. The Hall–Kier alpha value is -1.89. The number of rotatable bonds is 4. The van der Waals surface area contributed by atoms with Crippen LogP contribution in [0.5, 0.6) is 0 Å². The summed E-state index contributed by atoms with van der Waals surface area (Å²) in [5, 5.41) is 0. The number of carbonyl (C=O) groups is 1. The molecule has 0 saturated heterocycles. The zero-order valence-corrected chi connectivity index (χ0v) is 15.5.